The van der Waals surface area contributed by atoms with Crippen molar-refractivity contribution in [3.8, 4) is 0 Å². The topological polar surface area (TPSA) is 137 Å². The van der Waals surface area contributed by atoms with Crippen molar-refractivity contribution in [2.75, 3.05) is 13.2 Å². The molecule has 292 valence electrons. The molecule has 0 saturated heterocycles. The number of imidazole rings is 2. The first kappa shape index (κ1) is 38.4. The summed E-state index contributed by atoms with van der Waals surface area (Å²) in [4.78, 5) is 43.7. The number of aromatic nitrogens is 6. The summed E-state index contributed by atoms with van der Waals surface area (Å²) in [5, 5.41) is 6.58. The predicted molar refractivity (Wildman–Crippen MR) is 208 cm³/mol. The molecule has 4 aromatic rings. The van der Waals surface area contributed by atoms with Gasteiger partial charge in [0.05, 0.1) is 12.2 Å². The van der Waals surface area contributed by atoms with Crippen LogP contribution in [0.15, 0.2) is 24.8 Å². The molecular formula is C42H60N8O4. The van der Waals surface area contributed by atoms with E-state index in [0.29, 0.717) is 58.6 Å². The highest BCUT2D eigenvalue weighted by atomic mass is 16.5. The molecule has 4 aliphatic carbocycles. The minimum absolute atomic E-state index is 0.0951. The van der Waals surface area contributed by atoms with Crippen LogP contribution in [0.4, 0.5) is 0 Å². The molecule has 2 amide bonds. The fraction of sp³-hybridized carbons (Fsp3) is 0.667. The molecule has 4 heterocycles. The SMILES string of the molecule is CCCCOC1C[C@H]2CC[C@@H](C1)C2NC(=O)c1ncn2c(C)cc(C)nc12.CCCCOC1C[C@H]2CC[C@@H](C1)C2NC(=O)c1ncn2c(C)cc(C)nc12. The Kier molecular flexibility index (Phi) is 12.0. The van der Waals surface area contributed by atoms with Crippen molar-refractivity contribution < 1.29 is 19.1 Å². The second-order valence-electron chi connectivity index (χ2n) is 16.5. The van der Waals surface area contributed by atoms with E-state index in [2.05, 4.69) is 44.4 Å². The molecule has 0 aliphatic heterocycles. The molecule has 8 atom stereocenters. The first-order valence-electron chi connectivity index (χ1n) is 20.6. The number of hydrogen-bond donors (Lipinski definition) is 2. The van der Waals surface area contributed by atoms with E-state index in [9.17, 15) is 9.59 Å². The summed E-state index contributed by atoms with van der Waals surface area (Å²) >= 11 is 0. The Bertz CT molecular complexity index is 1770. The molecule has 2 N–H and O–H groups in total. The summed E-state index contributed by atoms with van der Waals surface area (Å²) in [6.45, 7) is 14.0. The molecule has 4 fully saturated rings. The number of nitrogens with one attached hydrogen (secondary N) is 2. The molecule has 4 saturated carbocycles. The van der Waals surface area contributed by atoms with Crippen LogP contribution in [-0.2, 0) is 9.47 Å². The summed E-state index contributed by atoms with van der Waals surface area (Å²) in [6, 6.07) is 4.48. The van der Waals surface area contributed by atoms with Crippen LogP contribution in [-0.4, -0.2) is 78.1 Å². The van der Waals surface area contributed by atoms with Crippen molar-refractivity contribution in [1.82, 2.24) is 39.4 Å². The third-order valence-corrected chi connectivity index (χ3v) is 12.5. The second-order valence-corrected chi connectivity index (χ2v) is 16.5. The van der Waals surface area contributed by atoms with E-state index in [4.69, 9.17) is 9.47 Å². The van der Waals surface area contributed by atoms with Gasteiger partial charge in [-0.25, -0.2) is 19.9 Å². The number of nitrogens with zero attached hydrogens (tertiary/aromatic N) is 6. The van der Waals surface area contributed by atoms with Crippen molar-refractivity contribution >= 4 is 23.1 Å². The standard InChI is InChI=1S/2C21H30N4O2/c2*1-4-5-8-27-17-10-15-6-7-16(11-17)18(15)24-21(26)19-20-23-13(2)9-14(3)25(20)12-22-19/h2*9,12,15-18H,4-8,10-11H2,1-3H3,(H,24,26)/t2*15-,16+,17?,18?. The van der Waals surface area contributed by atoms with E-state index >= 15 is 0 Å². The monoisotopic (exact) mass is 740 g/mol. The summed E-state index contributed by atoms with van der Waals surface area (Å²) in [5.41, 5.74) is 6.04. The van der Waals surface area contributed by atoms with Gasteiger partial charge >= 0.3 is 0 Å². The summed E-state index contributed by atoms with van der Waals surface area (Å²) in [6.07, 6.45) is 17.7. The van der Waals surface area contributed by atoms with Crippen LogP contribution in [0.2, 0.25) is 0 Å². The number of unbranched alkanes of at least 4 members (excludes halogenated alkanes) is 2. The number of carbonyl (C=O) groups is 2. The lowest BCUT2D eigenvalue weighted by Gasteiger charge is -2.35. The lowest BCUT2D eigenvalue weighted by atomic mass is 9.82. The zero-order valence-corrected chi connectivity index (χ0v) is 33.1. The van der Waals surface area contributed by atoms with Crippen LogP contribution in [0.5, 0.6) is 0 Å². The van der Waals surface area contributed by atoms with Gasteiger partial charge in [0.25, 0.3) is 11.8 Å². The van der Waals surface area contributed by atoms with Crippen LogP contribution in [0, 0.1) is 51.4 Å². The average Bonchev–Trinajstić information content (AvgIpc) is 3.86. The zero-order chi connectivity index (χ0) is 37.9. The number of fused-ring (bicyclic) bond motifs is 6. The Morgan fingerprint density at radius 3 is 1.37 bits per heavy atom. The van der Waals surface area contributed by atoms with Crippen molar-refractivity contribution in [3.63, 3.8) is 0 Å². The summed E-state index contributed by atoms with van der Waals surface area (Å²) in [7, 11) is 0. The van der Waals surface area contributed by atoms with Gasteiger partial charge in [-0.2, -0.15) is 0 Å². The number of rotatable bonds is 12. The van der Waals surface area contributed by atoms with Gasteiger partial charge < -0.3 is 20.1 Å². The summed E-state index contributed by atoms with van der Waals surface area (Å²) < 4.78 is 15.9. The Hall–Kier alpha value is -3.90. The number of aryl methyl sites for hydroxylation is 4. The molecule has 4 unspecified atom stereocenters. The van der Waals surface area contributed by atoms with Gasteiger partial charge in [-0.05, 0) is 128 Å². The first-order chi connectivity index (χ1) is 26.1. The minimum Gasteiger partial charge on any atom is -0.378 e. The largest absolute Gasteiger partial charge is 0.378 e. The second kappa shape index (κ2) is 16.9. The van der Waals surface area contributed by atoms with Crippen LogP contribution in [0.1, 0.15) is 135 Å². The number of carbonyl (C=O) groups excluding carboxylic acids is 2. The molecule has 0 radical (unpaired) electrons. The summed E-state index contributed by atoms with van der Waals surface area (Å²) in [5.74, 6) is 1.88. The smallest absolute Gasteiger partial charge is 0.274 e. The van der Waals surface area contributed by atoms with Crippen molar-refractivity contribution in [1.29, 1.82) is 0 Å². The van der Waals surface area contributed by atoms with E-state index in [0.717, 1.165) is 74.5 Å². The predicted octanol–water partition coefficient (Wildman–Crippen LogP) is 6.90. The van der Waals surface area contributed by atoms with Crippen LogP contribution >= 0.6 is 0 Å². The fourth-order valence-electron chi connectivity index (χ4n) is 9.79. The molecule has 4 bridgehead atoms. The van der Waals surface area contributed by atoms with Gasteiger partial charge in [0.15, 0.2) is 22.7 Å². The van der Waals surface area contributed by atoms with Crippen LogP contribution in [0.25, 0.3) is 11.3 Å². The minimum atomic E-state index is -0.0951. The lowest BCUT2D eigenvalue weighted by Crippen LogP contribution is -2.46. The Balaban J connectivity index is 0.000000167. The number of ether oxygens (including phenoxy) is 2. The number of amides is 2. The highest BCUT2D eigenvalue weighted by Crippen LogP contribution is 2.44. The van der Waals surface area contributed by atoms with Gasteiger partial charge in [0.2, 0.25) is 0 Å². The van der Waals surface area contributed by atoms with Crippen molar-refractivity contribution in [3.05, 3.63) is 59.0 Å². The Labute approximate surface area is 319 Å². The van der Waals surface area contributed by atoms with Gasteiger partial charge in [-0.3, -0.25) is 18.4 Å². The van der Waals surface area contributed by atoms with Gasteiger partial charge in [-0.1, -0.05) is 26.7 Å². The highest BCUT2D eigenvalue weighted by Gasteiger charge is 2.45. The average molecular weight is 741 g/mol. The van der Waals surface area contributed by atoms with E-state index in [1.807, 2.05) is 48.6 Å². The molecule has 8 rings (SSSR count). The van der Waals surface area contributed by atoms with E-state index in [1.54, 1.807) is 12.7 Å². The fourth-order valence-corrected chi connectivity index (χ4v) is 9.79. The maximum atomic E-state index is 13.0. The van der Waals surface area contributed by atoms with Crippen LogP contribution < -0.4 is 10.6 Å². The van der Waals surface area contributed by atoms with Crippen molar-refractivity contribution in [2.24, 2.45) is 23.7 Å². The molecule has 0 aromatic carbocycles. The molecule has 4 aliphatic rings. The molecular weight excluding hydrogens is 681 g/mol. The molecule has 0 spiro atoms. The Morgan fingerprint density at radius 1 is 0.648 bits per heavy atom. The maximum absolute atomic E-state index is 13.0. The molecule has 12 heteroatoms. The van der Waals surface area contributed by atoms with Gasteiger partial charge in [-0.15, -0.1) is 0 Å². The third kappa shape index (κ3) is 8.20. The van der Waals surface area contributed by atoms with E-state index < -0.39 is 0 Å². The molecule has 54 heavy (non-hydrogen) atoms. The number of hydrogen-bond acceptors (Lipinski definition) is 8. The van der Waals surface area contributed by atoms with Crippen molar-refractivity contribution in [2.45, 2.75) is 143 Å². The first-order valence-corrected chi connectivity index (χ1v) is 20.6. The third-order valence-electron chi connectivity index (χ3n) is 12.5. The van der Waals surface area contributed by atoms with Gasteiger partial charge in [0.1, 0.15) is 12.7 Å². The molecule has 4 aromatic heterocycles. The normalized spacial score (nSPS) is 27.2. The van der Waals surface area contributed by atoms with E-state index in [-0.39, 0.29) is 23.9 Å². The highest BCUT2D eigenvalue weighted by molar-refractivity contribution is 5.98. The lowest BCUT2D eigenvalue weighted by molar-refractivity contribution is -0.00127. The van der Waals surface area contributed by atoms with E-state index in [1.165, 1.54) is 38.5 Å². The molecule has 12 nitrogen and oxygen atoms in total. The van der Waals surface area contributed by atoms with Gasteiger partial charge in [0, 0.05) is 48.1 Å². The zero-order valence-electron chi connectivity index (χ0n) is 33.1. The Morgan fingerprint density at radius 2 is 1.02 bits per heavy atom. The maximum Gasteiger partial charge on any atom is 0.274 e. The van der Waals surface area contributed by atoms with Crippen LogP contribution in [0.3, 0.4) is 0 Å². The quantitative estimate of drug-likeness (QED) is 0.150.